The van der Waals surface area contributed by atoms with Crippen LogP contribution in [0.1, 0.15) is 40.9 Å². The van der Waals surface area contributed by atoms with E-state index in [2.05, 4.69) is 10.6 Å². The summed E-state index contributed by atoms with van der Waals surface area (Å²) < 4.78 is 32.2. The molecule has 1 heterocycles. The molecule has 0 fully saturated rings. The van der Waals surface area contributed by atoms with Gasteiger partial charge in [-0.15, -0.1) is 11.3 Å². The number of rotatable bonds is 19. The lowest BCUT2D eigenvalue weighted by Gasteiger charge is -2.22. The van der Waals surface area contributed by atoms with Gasteiger partial charge in [-0.3, -0.25) is 4.79 Å². The van der Waals surface area contributed by atoms with E-state index < -0.39 is 30.3 Å². The SMILES string of the molecule is CC(C)(C)OC(=O)N[C@@H](Cc1ccc(OCCOCCOCCOCCNC(=O)c2ccc(C#N)s2)cc1)C(=O)OCC#N. The predicted octanol–water partition coefficient (Wildman–Crippen LogP) is 2.98. The van der Waals surface area contributed by atoms with E-state index in [1.165, 1.54) is 0 Å². The Kier molecular flexibility index (Phi) is 16.3. The fourth-order valence-corrected chi connectivity index (χ4v) is 4.13. The quantitative estimate of drug-likeness (QED) is 0.172. The van der Waals surface area contributed by atoms with Crippen LogP contribution in [0.5, 0.6) is 5.75 Å². The lowest BCUT2D eigenvalue weighted by Crippen LogP contribution is -2.45. The largest absolute Gasteiger partial charge is 0.491 e. The molecule has 0 spiro atoms. The lowest BCUT2D eigenvalue weighted by molar-refractivity contribution is -0.144. The van der Waals surface area contributed by atoms with E-state index in [4.69, 9.17) is 38.9 Å². The second-order valence-electron chi connectivity index (χ2n) is 10.0. The summed E-state index contributed by atoms with van der Waals surface area (Å²) in [5.74, 6) is -0.364. The molecule has 0 radical (unpaired) electrons. The van der Waals surface area contributed by atoms with Gasteiger partial charge in [-0.05, 0) is 50.6 Å². The van der Waals surface area contributed by atoms with E-state index in [9.17, 15) is 14.4 Å². The van der Waals surface area contributed by atoms with Crippen LogP contribution in [0.4, 0.5) is 4.79 Å². The van der Waals surface area contributed by atoms with E-state index >= 15 is 0 Å². The second kappa shape index (κ2) is 19.9. The van der Waals surface area contributed by atoms with E-state index in [1.54, 1.807) is 63.2 Å². The van der Waals surface area contributed by atoms with Gasteiger partial charge in [-0.1, -0.05) is 12.1 Å². The standard InChI is InChI=1S/C30H38N4O9S/c1-30(2,3)43-29(37)34-25(28(36)42-12-10-31)20-22-4-6-23(7-5-22)41-19-18-40-17-16-39-15-14-38-13-11-33-27(35)26-9-8-24(21-32)44-26/h4-9,25H,11-20H2,1-3H3,(H,33,35)(H,34,37)/t25-/m0/s1. The Morgan fingerprint density at radius 1 is 0.886 bits per heavy atom. The number of hydrogen-bond acceptors (Lipinski definition) is 12. The molecule has 0 saturated carbocycles. The van der Waals surface area contributed by atoms with Crippen molar-refractivity contribution in [2.75, 3.05) is 59.4 Å². The van der Waals surface area contributed by atoms with Crippen molar-refractivity contribution >= 4 is 29.3 Å². The highest BCUT2D eigenvalue weighted by Crippen LogP contribution is 2.16. The van der Waals surface area contributed by atoms with E-state index in [0.717, 1.165) is 16.9 Å². The summed E-state index contributed by atoms with van der Waals surface area (Å²) in [5.41, 5.74) is -0.00165. The Labute approximate surface area is 260 Å². The number of hydrogen-bond donors (Lipinski definition) is 2. The van der Waals surface area contributed by atoms with Crippen molar-refractivity contribution in [2.24, 2.45) is 0 Å². The van der Waals surface area contributed by atoms with Crippen molar-refractivity contribution in [3.05, 3.63) is 51.7 Å². The average Bonchev–Trinajstić information content (AvgIpc) is 3.47. The van der Waals surface area contributed by atoms with Crippen LogP contribution in [0, 0.1) is 22.7 Å². The Hall–Kier alpha value is -4.21. The van der Waals surface area contributed by atoms with Gasteiger partial charge in [0.25, 0.3) is 5.91 Å². The van der Waals surface area contributed by atoms with Crippen LogP contribution >= 0.6 is 11.3 Å². The van der Waals surface area contributed by atoms with Crippen molar-refractivity contribution in [1.29, 1.82) is 10.5 Å². The molecule has 1 aromatic carbocycles. The fourth-order valence-electron chi connectivity index (χ4n) is 3.41. The number of ether oxygens (including phenoxy) is 6. The van der Waals surface area contributed by atoms with Crippen LogP contribution in [-0.4, -0.2) is 89.0 Å². The zero-order valence-corrected chi connectivity index (χ0v) is 25.9. The third-order valence-electron chi connectivity index (χ3n) is 5.33. The first-order valence-corrected chi connectivity index (χ1v) is 14.7. The third-order valence-corrected chi connectivity index (χ3v) is 6.32. The van der Waals surface area contributed by atoms with Gasteiger partial charge in [0.2, 0.25) is 0 Å². The van der Waals surface area contributed by atoms with Gasteiger partial charge in [-0.25, -0.2) is 9.59 Å². The first kappa shape index (κ1) is 36.0. The number of amides is 2. The van der Waals surface area contributed by atoms with Crippen molar-refractivity contribution in [3.8, 4) is 17.9 Å². The van der Waals surface area contributed by atoms with Crippen LogP contribution in [0.2, 0.25) is 0 Å². The number of alkyl carbamates (subject to hydrolysis) is 1. The molecule has 2 rings (SSSR count). The molecule has 0 aliphatic rings. The number of esters is 1. The zero-order valence-electron chi connectivity index (χ0n) is 25.1. The second-order valence-corrected chi connectivity index (χ2v) is 11.1. The molecule has 44 heavy (non-hydrogen) atoms. The minimum Gasteiger partial charge on any atom is -0.491 e. The van der Waals surface area contributed by atoms with Gasteiger partial charge in [0, 0.05) is 13.0 Å². The van der Waals surface area contributed by atoms with Gasteiger partial charge in [-0.2, -0.15) is 10.5 Å². The average molecular weight is 631 g/mol. The van der Waals surface area contributed by atoms with Crippen LogP contribution in [0.25, 0.3) is 0 Å². The summed E-state index contributed by atoms with van der Waals surface area (Å²) in [6.07, 6.45) is -0.630. The molecule has 14 heteroatoms. The highest BCUT2D eigenvalue weighted by molar-refractivity contribution is 7.14. The maximum atomic E-state index is 12.4. The maximum Gasteiger partial charge on any atom is 0.408 e. The van der Waals surface area contributed by atoms with Crippen molar-refractivity contribution in [3.63, 3.8) is 0 Å². The Morgan fingerprint density at radius 3 is 2.11 bits per heavy atom. The molecule has 0 saturated heterocycles. The monoisotopic (exact) mass is 630 g/mol. The molecule has 2 aromatic rings. The summed E-state index contributed by atoms with van der Waals surface area (Å²) in [6.45, 7) is 7.63. The van der Waals surface area contributed by atoms with Gasteiger partial charge in [0.1, 0.15) is 41.0 Å². The van der Waals surface area contributed by atoms with Crippen molar-refractivity contribution in [2.45, 2.75) is 38.8 Å². The van der Waals surface area contributed by atoms with E-state index in [-0.39, 0.29) is 12.3 Å². The predicted molar refractivity (Wildman–Crippen MR) is 159 cm³/mol. The van der Waals surface area contributed by atoms with Gasteiger partial charge in [0.15, 0.2) is 6.61 Å². The molecule has 2 amide bonds. The van der Waals surface area contributed by atoms with E-state index in [1.807, 2.05) is 6.07 Å². The molecule has 238 valence electrons. The summed E-state index contributed by atoms with van der Waals surface area (Å²) in [5, 5.41) is 22.7. The van der Waals surface area contributed by atoms with E-state index in [0.29, 0.717) is 68.3 Å². The Bertz CT molecular complexity index is 1260. The third kappa shape index (κ3) is 15.3. The summed E-state index contributed by atoms with van der Waals surface area (Å²) in [6, 6.07) is 12.9. The number of nitrogens with one attached hydrogen (secondary N) is 2. The summed E-state index contributed by atoms with van der Waals surface area (Å²) >= 11 is 1.14. The number of nitrogens with zero attached hydrogens (tertiary/aromatic N) is 2. The molecule has 0 bridgehead atoms. The highest BCUT2D eigenvalue weighted by atomic mass is 32.1. The van der Waals surface area contributed by atoms with Gasteiger partial charge < -0.3 is 39.1 Å². The van der Waals surface area contributed by atoms with Crippen LogP contribution < -0.4 is 15.4 Å². The number of benzene rings is 1. The van der Waals surface area contributed by atoms with Crippen LogP contribution in [0.3, 0.4) is 0 Å². The minimum atomic E-state index is -1.03. The molecular formula is C30H38N4O9S. The van der Waals surface area contributed by atoms with Crippen molar-refractivity contribution in [1.82, 2.24) is 10.6 Å². The Balaban J connectivity index is 1.55. The molecular weight excluding hydrogens is 592 g/mol. The number of thiophene rings is 1. The summed E-state index contributed by atoms with van der Waals surface area (Å²) in [7, 11) is 0. The maximum absolute atomic E-state index is 12.4. The molecule has 13 nitrogen and oxygen atoms in total. The zero-order chi connectivity index (χ0) is 32.2. The van der Waals surface area contributed by atoms with Gasteiger partial charge >= 0.3 is 12.1 Å². The molecule has 2 N–H and O–H groups in total. The van der Waals surface area contributed by atoms with Gasteiger partial charge in [0.05, 0.1) is 44.5 Å². The van der Waals surface area contributed by atoms with Crippen molar-refractivity contribution < 1.29 is 42.8 Å². The topological polar surface area (TPSA) is 178 Å². The first-order chi connectivity index (χ1) is 21.1. The molecule has 0 aliphatic heterocycles. The smallest absolute Gasteiger partial charge is 0.408 e. The minimum absolute atomic E-state index is 0.134. The summed E-state index contributed by atoms with van der Waals surface area (Å²) in [4.78, 5) is 37.5. The molecule has 0 unspecified atom stereocenters. The number of carbonyl (C=O) groups is 3. The van der Waals surface area contributed by atoms with Crippen LogP contribution in [-0.2, 0) is 34.9 Å². The normalized spacial score (nSPS) is 11.5. The van der Waals surface area contributed by atoms with Crippen LogP contribution in [0.15, 0.2) is 36.4 Å². The first-order valence-electron chi connectivity index (χ1n) is 13.9. The highest BCUT2D eigenvalue weighted by Gasteiger charge is 2.26. The number of nitriles is 2. The Morgan fingerprint density at radius 2 is 1.52 bits per heavy atom. The molecule has 0 aliphatic carbocycles. The fraction of sp³-hybridized carbons (Fsp3) is 0.500. The number of carbonyl (C=O) groups excluding carboxylic acids is 3. The lowest BCUT2D eigenvalue weighted by atomic mass is 10.1. The molecule has 1 atom stereocenters. The molecule has 1 aromatic heterocycles.